The molecule has 0 amide bonds. The predicted molar refractivity (Wildman–Crippen MR) is 88.2 cm³/mol. The first kappa shape index (κ1) is 15.6. The molecule has 0 heterocycles. The van der Waals surface area contributed by atoms with E-state index in [9.17, 15) is 0 Å². The molecule has 1 aliphatic carbocycles. The summed E-state index contributed by atoms with van der Waals surface area (Å²) in [7, 11) is 2.14. The lowest BCUT2D eigenvalue weighted by Crippen LogP contribution is -2.38. The summed E-state index contributed by atoms with van der Waals surface area (Å²) in [5, 5.41) is 3.60. The van der Waals surface area contributed by atoms with Crippen LogP contribution in [-0.4, -0.2) is 13.1 Å². The molecule has 1 saturated carbocycles. The Bertz CT molecular complexity index is 404. The number of hydrogen-bond acceptors (Lipinski definition) is 1. The van der Waals surface area contributed by atoms with E-state index in [4.69, 9.17) is 0 Å². The van der Waals surface area contributed by atoms with Crippen LogP contribution in [-0.2, 0) is 6.42 Å². The first-order chi connectivity index (χ1) is 9.62. The smallest absolute Gasteiger partial charge is 0.0133 e. The highest BCUT2D eigenvalue weighted by molar-refractivity contribution is 5.29. The minimum atomic E-state index is 0.644. The van der Waals surface area contributed by atoms with Crippen LogP contribution in [0.25, 0.3) is 0 Å². The molecule has 1 fully saturated rings. The Morgan fingerprint density at radius 1 is 1.15 bits per heavy atom. The zero-order valence-electron chi connectivity index (χ0n) is 13.7. The van der Waals surface area contributed by atoms with Crippen molar-refractivity contribution in [2.75, 3.05) is 7.05 Å². The van der Waals surface area contributed by atoms with E-state index < -0.39 is 0 Å². The first-order valence-electron chi connectivity index (χ1n) is 8.36. The molecule has 0 spiro atoms. The highest BCUT2D eigenvalue weighted by Crippen LogP contribution is 2.33. The van der Waals surface area contributed by atoms with Crippen LogP contribution in [0.4, 0.5) is 0 Å². The van der Waals surface area contributed by atoms with Gasteiger partial charge in [-0.25, -0.2) is 0 Å². The molecule has 1 nitrogen and oxygen atoms in total. The van der Waals surface area contributed by atoms with E-state index in [-0.39, 0.29) is 0 Å². The lowest BCUT2D eigenvalue weighted by atomic mass is 9.75. The Morgan fingerprint density at radius 3 is 2.45 bits per heavy atom. The number of nitrogens with one attached hydrogen (secondary N) is 1. The van der Waals surface area contributed by atoms with Gasteiger partial charge in [-0.1, -0.05) is 55.5 Å². The van der Waals surface area contributed by atoms with E-state index >= 15 is 0 Å². The molecule has 0 bridgehead atoms. The molecule has 3 atom stereocenters. The SMILES string of the molecule is CCC1CCCC(C(Cc2cc(C)cc(C)c2)NC)C1. The molecule has 1 N–H and O–H groups in total. The second kappa shape index (κ2) is 7.26. The Hall–Kier alpha value is -0.820. The second-order valence-corrected chi connectivity index (χ2v) is 6.80. The van der Waals surface area contributed by atoms with Crippen molar-refractivity contribution in [3.63, 3.8) is 0 Å². The third kappa shape index (κ3) is 4.09. The number of likely N-dealkylation sites (N-methyl/N-ethyl adjacent to an activating group) is 1. The third-order valence-electron chi connectivity index (χ3n) is 5.08. The van der Waals surface area contributed by atoms with Gasteiger partial charge >= 0.3 is 0 Å². The quantitative estimate of drug-likeness (QED) is 0.823. The van der Waals surface area contributed by atoms with Crippen molar-refractivity contribution in [1.82, 2.24) is 5.32 Å². The van der Waals surface area contributed by atoms with Crippen LogP contribution in [0.15, 0.2) is 18.2 Å². The van der Waals surface area contributed by atoms with Gasteiger partial charge in [-0.05, 0) is 57.6 Å². The predicted octanol–water partition coefficient (Wildman–Crippen LogP) is 4.65. The highest BCUT2D eigenvalue weighted by atomic mass is 14.9. The molecule has 112 valence electrons. The van der Waals surface area contributed by atoms with Crippen molar-refractivity contribution in [3.8, 4) is 0 Å². The fraction of sp³-hybridized carbons (Fsp3) is 0.684. The molecule has 0 saturated heterocycles. The molecule has 0 aromatic heterocycles. The van der Waals surface area contributed by atoms with Gasteiger partial charge in [0.2, 0.25) is 0 Å². The summed E-state index contributed by atoms with van der Waals surface area (Å²) in [6, 6.07) is 7.63. The summed E-state index contributed by atoms with van der Waals surface area (Å²) in [6.45, 7) is 6.77. The van der Waals surface area contributed by atoms with Crippen molar-refractivity contribution in [2.45, 2.75) is 65.3 Å². The largest absolute Gasteiger partial charge is 0.316 e. The molecule has 1 heteroatoms. The maximum absolute atomic E-state index is 3.60. The molecule has 1 aromatic carbocycles. The van der Waals surface area contributed by atoms with Gasteiger partial charge in [-0.15, -0.1) is 0 Å². The van der Waals surface area contributed by atoms with Gasteiger partial charge in [0.15, 0.2) is 0 Å². The van der Waals surface area contributed by atoms with Crippen LogP contribution in [0.5, 0.6) is 0 Å². The molecule has 2 rings (SSSR count). The maximum Gasteiger partial charge on any atom is 0.0133 e. The summed E-state index contributed by atoms with van der Waals surface area (Å²) in [5.74, 6) is 1.82. The van der Waals surface area contributed by atoms with Crippen LogP contribution in [0.1, 0.15) is 55.7 Å². The Morgan fingerprint density at radius 2 is 1.85 bits per heavy atom. The molecule has 0 radical (unpaired) electrons. The highest BCUT2D eigenvalue weighted by Gasteiger charge is 2.26. The average Bonchev–Trinajstić information content (AvgIpc) is 2.44. The summed E-state index contributed by atoms with van der Waals surface area (Å²) in [5.41, 5.74) is 4.29. The zero-order valence-corrected chi connectivity index (χ0v) is 13.7. The van der Waals surface area contributed by atoms with E-state index in [0.29, 0.717) is 6.04 Å². The van der Waals surface area contributed by atoms with Gasteiger partial charge in [0, 0.05) is 6.04 Å². The van der Waals surface area contributed by atoms with E-state index in [1.165, 1.54) is 55.2 Å². The average molecular weight is 273 g/mol. The van der Waals surface area contributed by atoms with Gasteiger partial charge in [0.1, 0.15) is 0 Å². The summed E-state index contributed by atoms with van der Waals surface area (Å²) in [6.07, 6.45) is 8.25. The van der Waals surface area contributed by atoms with Crippen LogP contribution < -0.4 is 5.32 Å². The van der Waals surface area contributed by atoms with E-state index in [0.717, 1.165) is 11.8 Å². The van der Waals surface area contributed by atoms with Crippen molar-refractivity contribution < 1.29 is 0 Å². The minimum Gasteiger partial charge on any atom is -0.316 e. The molecule has 1 aromatic rings. The van der Waals surface area contributed by atoms with Crippen molar-refractivity contribution >= 4 is 0 Å². The molecule has 0 aliphatic heterocycles. The molecular weight excluding hydrogens is 242 g/mol. The van der Waals surface area contributed by atoms with Gasteiger partial charge < -0.3 is 5.32 Å². The van der Waals surface area contributed by atoms with Gasteiger partial charge in [-0.2, -0.15) is 0 Å². The lowest BCUT2D eigenvalue weighted by Gasteiger charge is -2.34. The molecule has 20 heavy (non-hydrogen) atoms. The third-order valence-corrected chi connectivity index (χ3v) is 5.08. The zero-order chi connectivity index (χ0) is 14.5. The van der Waals surface area contributed by atoms with Crippen LogP contribution >= 0.6 is 0 Å². The fourth-order valence-electron chi connectivity index (χ4n) is 4.01. The van der Waals surface area contributed by atoms with E-state index in [1.807, 2.05) is 0 Å². The Labute approximate surface area is 125 Å². The summed E-state index contributed by atoms with van der Waals surface area (Å²) >= 11 is 0. The van der Waals surface area contributed by atoms with Crippen molar-refractivity contribution in [1.29, 1.82) is 0 Å². The number of rotatable bonds is 5. The van der Waals surface area contributed by atoms with Gasteiger partial charge in [0.05, 0.1) is 0 Å². The number of hydrogen-bond donors (Lipinski definition) is 1. The maximum atomic E-state index is 3.60. The monoisotopic (exact) mass is 273 g/mol. The van der Waals surface area contributed by atoms with E-state index in [1.54, 1.807) is 0 Å². The second-order valence-electron chi connectivity index (χ2n) is 6.80. The van der Waals surface area contributed by atoms with Crippen molar-refractivity contribution in [2.24, 2.45) is 11.8 Å². The number of benzene rings is 1. The summed E-state index contributed by atoms with van der Waals surface area (Å²) < 4.78 is 0. The van der Waals surface area contributed by atoms with Crippen LogP contribution in [0, 0.1) is 25.7 Å². The summed E-state index contributed by atoms with van der Waals surface area (Å²) in [4.78, 5) is 0. The van der Waals surface area contributed by atoms with Crippen molar-refractivity contribution in [3.05, 3.63) is 34.9 Å². The molecular formula is C19H31N. The minimum absolute atomic E-state index is 0.644. The topological polar surface area (TPSA) is 12.0 Å². The molecule has 1 aliphatic rings. The molecule has 3 unspecified atom stereocenters. The Balaban J connectivity index is 2.04. The normalized spacial score (nSPS) is 24.6. The van der Waals surface area contributed by atoms with Gasteiger partial charge in [-0.3, -0.25) is 0 Å². The number of aryl methyl sites for hydroxylation is 2. The fourth-order valence-corrected chi connectivity index (χ4v) is 4.01. The van der Waals surface area contributed by atoms with Gasteiger partial charge in [0.25, 0.3) is 0 Å². The van der Waals surface area contributed by atoms with Crippen LogP contribution in [0.2, 0.25) is 0 Å². The lowest BCUT2D eigenvalue weighted by molar-refractivity contribution is 0.212. The standard InChI is InChI=1S/C19H31N/c1-5-16-7-6-8-18(12-16)19(20-4)13-17-10-14(2)9-15(3)11-17/h9-11,16,18-20H,5-8,12-13H2,1-4H3. The first-order valence-corrected chi connectivity index (χ1v) is 8.36. The Kier molecular flexibility index (Phi) is 5.65. The van der Waals surface area contributed by atoms with Crippen LogP contribution in [0.3, 0.4) is 0 Å². The van der Waals surface area contributed by atoms with E-state index in [2.05, 4.69) is 51.3 Å².